The Morgan fingerprint density at radius 1 is 1.43 bits per heavy atom. The van der Waals surface area contributed by atoms with E-state index in [1.807, 2.05) is 0 Å². The van der Waals surface area contributed by atoms with Crippen LogP contribution in [-0.4, -0.2) is 42.4 Å². The van der Waals surface area contributed by atoms with Crippen molar-refractivity contribution in [1.29, 1.82) is 0 Å². The summed E-state index contributed by atoms with van der Waals surface area (Å²) in [6.45, 7) is 0.00870. The summed E-state index contributed by atoms with van der Waals surface area (Å²) in [5.74, 6) is 0. The van der Waals surface area contributed by atoms with Gasteiger partial charge in [0.1, 0.15) is 11.8 Å². The molecule has 2 aromatic rings. The number of aliphatic hydroxyl groups excluding tert-OH is 2. The number of aliphatic hydroxyl groups is 2. The zero-order chi connectivity index (χ0) is 9.97. The first-order valence-corrected chi connectivity index (χ1v) is 4.21. The lowest BCUT2D eigenvalue weighted by Crippen LogP contribution is -2.19. The molecule has 0 aliphatic carbocycles. The van der Waals surface area contributed by atoms with Crippen molar-refractivity contribution in [2.24, 2.45) is 0 Å². The van der Waals surface area contributed by atoms with Crippen molar-refractivity contribution in [2.45, 2.75) is 12.6 Å². The maximum absolute atomic E-state index is 9.25. The number of nitrogens with zero attached hydrogens (tertiary/aromatic N) is 4. The smallest absolute Gasteiger partial charge is 0.163 e. The third-order valence-electron chi connectivity index (χ3n) is 1.90. The lowest BCUT2D eigenvalue weighted by atomic mass is 10.4. The number of aromatic nitrogens is 4. The molecule has 0 saturated heterocycles. The Morgan fingerprint density at radius 2 is 2.29 bits per heavy atom. The van der Waals surface area contributed by atoms with Gasteiger partial charge >= 0.3 is 0 Å². The number of hydrogen-bond donors (Lipinski definition) is 2. The molecule has 0 fully saturated rings. The van der Waals surface area contributed by atoms with Gasteiger partial charge in [-0.3, -0.25) is 0 Å². The van der Waals surface area contributed by atoms with Gasteiger partial charge in [0.2, 0.25) is 0 Å². The quantitative estimate of drug-likeness (QED) is 0.667. The molecule has 2 heterocycles. The number of hydrogen-bond acceptors (Lipinski definition) is 5. The van der Waals surface area contributed by atoms with Crippen LogP contribution >= 0.6 is 0 Å². The fraction of sp³-hybridized carbons (Fsp3) is 0.375. The molecule has 14 heavy (non-hydrogen) atoms. The molecule has 1 atom stereocenters. The van der Waals surface area contributed by atoms with Crippen molar-refractivity contribution in [1.82, 2.24) is 19.5 Å². The van der Waals surface area contributed by atoms with E-state index in [1.165, 1.54) is 6.33 Å². The van der Waals surface area contributed by atoms with E-state index < -0.39 is 6.10 Å². The van der Waals surface area contributed by atoms with Crippen LogP contribution < -0.4 is 0 Å². The van der Waals surface area contributed by atoms with Crippen LogP contribution in [0.4, 0.5) is 0 Å². The van der Waals surface area contributed by atoms with Crippen molar-refractivity contribution in [3.8, 4) is 0 Å². The van der Waals surface area contributed by atoms with E-state index in [1.54, 1.807) is 17.1 Å². The van der Waals surface area contributed by atoms with E-state index in [9.17, 15) is 5.11 Å². The Bertz CT molecular complexity index is 428. The van der Waals surface area contributed by atoms with Crippen LogP contribution in [0.1, 0.15) is 0 Å². The Kier molecular flexibility index (Phi) is 2.38. The standard InChI is InChI=1S/C8H10N4O2/c13-3-6(14)2-12-5-11-7-1-9-4-10-8(7)12/h1,4-6,13-14H,2-3H2. The minimum Gasteiger partial charge on any atom is -0.394 e. The van der Waals surface area contributed by atoms with Gasteiger partial charge < -0.3 is 14.8 Å². The predicted molar refractivity (Wildman–Crippen MR) is 48.4 cm³/mol. The maximum atomic E-state index is 9.25. The van der Waals surface area contributed by atoms with E-state index >= 15 is 0 Å². The molecule has 74 valence electrons. The number of rotatable bonds is 3. The summed E-state index contributed by atoms with van der Waals surface area (Å²) in [6.07, 6.45) is 3.80. The van der Waals surface area contributed by atoms with Crippen LogP contribution in [0.5, 0.6) is 0 Å². The van der Waals surface area contributed by atoms with Gasteiger partial charge in [0.05, 0.1) is 31.8 Å². The fourth-order valence-electron chi connectivity index (χ4n) is 1.23. The van der Waals surface area contributed by atoms with Crippen molar-refractivity contribution in [3.63, 3.8) is 0 Å². The lowest BCUT2D eigenvalue weighted by molar-refractivity contribution is 0.0820. The molecule has 1 unspecified atom stereocenters. The van der Waals surface area contributed by atoms with E-state index in [2.05, 4.69) is 15.0 Å². The second-order valence-electron chi connectivity index (χ2n) is 2.96. The van der Waals surface area contributed by atoms with Gasteiger partial charge in [0.15, 0.2) is 5.65 Å². The average molecular weight is 194 g/mol. The topological polar surface area (TPSA) is 84.1 Å². The molecule has 2 aromatic heterocycles. The van der Waals surface area contributed by atoms with E-state index in [0.717, 1.165) is 0 Å². The molecule has 0 aromatic carbocycles. The van der Waals surface area contributed by atoms with Crippen molar-refractivity contribution < 1.29 is 10.2 Å². The zero-order valence-electron chi connectivity index (χ0n) is 7.41. The van der Waals surface area contributed by atoms with E-state index in [4.69, 9.17) is 5.11 Å². The van der Waals surface area contributed by atoms with Gasteiger partial charge in [-0.2, -0.15) is 0 Å². The normalized spacial score (nSPS) is 13.3. The number of fused-ring (bicyclic) bond motifs is 1. The molecular weight excluding hydrogens is 184 g/mol. The summed E-state index contributed by atoms with van der Waals surface area (Å²) in [6, 6.07) is 0. The van der Waals surface area contributed by atoms with E-state index in [-0.39, 0.29) is 13.2 Å². The van der Waals surface area contributed by atoms with Gasteiger partial charge in [0.25, 0.3) is 0 Å². The first kappa shape index (κ1) is 9.04. The van der Waals surface area contributed by atoms with Crippen LogP contribution in [0, 0.1) is 0 Å². The average Bonchev–Trinajstić information content (AvgIpc) is 2.62. The summed E-state index contributed by atoms with van der Waals surface area (Å²) in [7, 11) is 0. The lowest BCUT2D eigenvalue weighted by Gasteiger charge is -2.07. The van der Waals surface area contributed by atoms with Crippen molar-refractivity contribution >= 4 is 11.2 Å². The Morgan fingerprint density at radius 3 is 3.07 bits per heavy atom. The second kappa shape index (κ2) is 3.69. The van der Waals surface area contributed by atoms with Crippen molar-refractivity contribution in [2.75, 3.05) is 6.61 Å². The van der Waals surface area contributed by atoms with Crippen LogP contribution in [0.2, 0.25) is 0 Å². The molecule has 0 bridgehead atoms. The van der Waals surface area contributed by atoms with Gasteiger partial charge in [-0.1, -0.05) is 0 Å². The van der Waals surface area contributed by atoms with Crippen LogP contribution in [0.25, 0.3) is 11.2 Å². The highest BCUT2D eigenvalue weighted by Gasteiger charge is 2.07. The summed E-state index contributed by atoms with van der Waals surface area (Å²) in [5, 5.41) is 17.9. The van der Waals surface area contributed by atoms with Gasteiger partial charge in [-0.15, -0.1) is 0 Å². The van der Waals surface area contributed by atoms with Gasteiger partial charge in [-0.25, -0.2) is 15.0 Å². The third-order valence-corrected chi connectivity index (χ3v) is 1.90. The minimum absolute atomic E-state index is 0.273. The molecule has 0 radical (unpaired) electrons. The van der Waals surface area contributed by atoms with Crippen LogP contribution in [-0.2, 0) is 6.54 Å². The summed E-state index contributed by atoms with van der Waals surface area (Å²) >= 11 is 0. The molecule has 0 aliphatic rings. The van der Waals surface area contributed by atoms with Crippen LogP contribution in [0.15, 0.2) is 18.9 Å². The van der Waals surface area contributed by atoms with E-state index in [0.29, 0.717) is 11.2 Å². The molecule has 0 spiro atoms. The molecule has 0 amide bonds. The highest BCUT2D eigenvalue weighted by Crippen LogP contribution is 2.07. The summed E-state index contributed by atoms with van der Waals surface area (Å²) in [5.41, 5.74) is 1.34. The summed E-state index contributed by atoms with van der Waals surface area (Å²) in [4.78, 5) is 11.9. The monoisotopic (exact) mass is 194 g/mol. The summed E-state index contributed by atoms with van der Waals surface area (Å²) < 4.78 is 1.68. The zero-order valence-corrected chi connectivity index (χ0v) is 7.41. The first-order chi connectivity index (χ1) is 6.81. The first-order valence-electron chi connectivity index (χ1n) is 4.21. The van der Waals surface area contributed by atoms with Gasteiger partial charge in [0, 0.05) is 0 Å². The largest absolute Gasteiger partial charge is 0.394 e. The van der Waals surface area contributed by atoms with Gasteiger partial charge in [-0.05, 0) is 0 Å². The molecule has 2 rings (SSSR count). The molecule has 6 nitrogen and oxygen atoms in total. The molecule has 2 N–H and O–H groups in total. The second-order valence-corrected chi connectivity index (χ2v) is 2.96. The molecular formula is C8H10N4O2. The Labute approximate surface area is 79.9 Å². The number of imidazole rings is 1. The van der Waals surface area contributed by atoms with Crippen LogP contribution in [0.3, 0.4) is 0 Å². The predicted octanol–water partition coefficient (Wildman–Crippen LogP) is -0.821. The fourth-order valence-corrected chi connectivity index (χ4v) is 1.23. The SMILES string of the molecule is OCC(O)Cn1cnc2cncnc21. The Hall–Kier alpha value is -1.53. The highest BCUT2D eigenvalue weighted by atomic mass is 16.3. The third kappa shape index (κ3) is 1.57. The molecule has 0 aliphatic heterocycles. The highest BCUT2D eigenvalue weighted by molar-refractivity contribution is 5.68. The van der Waals surface area contributed by atoms with Crippen molar-refractivity contribution in [3.05, 3.63) is 18.9 Å². The maximum Gasteiger partial charge on any atom is 0.163 e. The minimum atomic E-state index is -0.789. The Balaban J connectivity index is 2.33. The molecule has 6 heteroatoms. The molecule has 0 saturated carbocycles.